The lowest BCUT2D eigenvalue weighted by atomic mass is 10.0. The number of halogens is 2. The summed E-state index contributed by atoms with van der Waals surface area (Å²) in [6, 6.07) is 3.23. The molecule has 1 atom stereocenters. The number of rotatable bonds is 5. The van der Waals surface area contributed by atoms with E-state index in [9.17, 15) is 4.39 Å². The van der Waals surface area contributed by atoms with Crippen molar-refractivity contribution in [3.63, 3.8) is 0 Å². The first-order valence-corrected chi connectivity index (χ1v) is 10.0. The summed E-state index contributed by atoms with van der Waals surface area (Å²) in [5.74, 6) is 0.883. The van der Waals surface area contributed by atoms with Crippen LogP contribution in [0.15, 0.2) is 30.9 Å². The lowest BCUT2D eigenvalue weighted by molar-refractivity contribution is 0.122. The van der Waals surface area contributed by atoms with Gasteiger partial charge in [0.15, 0.2) is 5.82 Å². The van der Waals surface area contributed by atoms with E-state index in [0.717, 1.165) is 0 Å². The molecule has 1 aromatic carbocycles. The standard InChI is InChI=1S/C20H22FIN4O/c1-4-5-12(2)19-24-17-11-14(18(22)13(3)23)16(21)10-15(17)20(25-19)26-6-8-27-9-7-26/h4-5,10-11,18,23H,2,6-9H2,1,3H3/b5-4-,23-13?. The van der Waals surface area contributed by atoms with Crippen LogP contribution in [0.5, 0.6) is 0 Å². The van der Waals surface area contributed by atoms with Crippen molar-refractivity contribution in [3.05, 3.63) is 48.1 Å². The van der Waals surface area contributed by atoms with Crippen molar-refractivity contribution >= 4 is 50.6 Å². The Bertz CT molecular complexity index is 922. The summed E-state index contributed by atoms with van der Waals surface area (Å²) in [6.45, 7) is 10.2. The van der Waals surface area contributed by atoms with Gasteiger partial charge in [0.05, 0.1) is 22.7 Å². The Hall–Kier alpha value is -1.87. The SMILES string of the molecule is C=C(/C=C\C)c1nc(N2CCOCC2)c2cc(F)c(C(I)C(C)=N)cc2n1. The zero-order valence-electron chi connectivity index (χ0n) is 15.4. The number of ether oxygens (including phenoxy) is 1. The highest BCUT2D eigenvalue weighted by Crippen LogP contribution is 2.33. The van der Waals surface area contributed by atoms with Gasteiger partial charge in [-0.25, -0.2) is 14.4 Å². The van der Waals surface area contributed by atoms with Gasteiger partial charge < -0.3 is 15.0 Å². The van der Waals surface area contributed by atoms with Crippen molar-refractivity contribution in [2.45, 2.75) is 17.8 Å². The summed E-state index contributed by atoms with van der Waals surface area (Å²) in [4.78, 5) is 11.4. The fraction of sp³-hybridized carbons (Fsp3) is 0.350. The number of nitrogens with one attached hydrogen (secondary N) is 1. The molecule has 0 radical (unpaired) electrons. The number of aromatic nitrogens is 2. The van der Waals surface area contributed by atoms with Crippen LogP contribution in [0.25, 0.3) is 16.5 Å². The normalized spacial score (nSPS) is 16.1. The Morgan fingerprint density at radius 2 is 2.07 bits per heavy atom. The summed E-state index contributed by atoms with van der Waals surface area (Å²) in [7, 11) is 0. The molecule has 2 heterocycles. The zero-order valence-corrected chi connectivity index (χ0v) is 17.6. The molecule has 0 bridgehead atoms. The van der Waals surface area contributed by atoms with Crippen molar-refractivity contribution in [2.75, 3.05) is 31.2 Å². The van der Waals surface area contributed by atoms with Crippen LogP contribution in [0.1, 0.15) is 29.2 Å². The minimum Gasteiger partial charge on any atom is -0.378 e. The zero-order chi connectivity index (χ0) is 19.6. The molecular weight excluding hydrogens is 458 g/mol. The van der Waals surface area contributed by atoms with Crippen LogP contribution in [0.3, 0.4) is 0 Å². The molecule has 3 rings (SSSR count). The van der Waals surface area contributed by atoms with E-state index in [1.807, 2.05) is 19.1 Å². The second-order valence-corrected chi connectivity index (χ2v) is 7.68. The molecule has 27 heavy (non-hydrogen) atoms. The quantitative estimate of drug-likeness (QED) is 0.292. The third kappa shape index (κ3) is 4.19. The molecule has 0 aliphatic carbocycles. The summed E-state index contributed by atoms with van der Waals surface area (Å²) >= 11 is 2.08. The number of anilines is 1. The molecule has 0 spiro atoms. The van der Waals surface area contributed by atoms with E-state index in [2.05, 4.69) is 39.1 Å². The van der Waals surface area contributed by atoms with Crippen LogP contribution >= 0.6 is 22.6 Å². The van der Waals surface area contributed by atoms with Gasteiger partial charge in [0.1, 0.15) is 11.6 Å². The van der Waals surface area contributed by atoms with Gasteiger partial charge in [-0.1, -0.05) is 41.3 Å². The molecule has 1 saturated heterocycles. The molecule has 1 unspecified atom stereocenters. The third-order valence-electron chi connectivity index (χ3n) is 4.41. The monoisotopic (exact) mass is 480 g/mol. The minimum atomic E-state index is -0.341. The first-order valence-electron chi connectivity index (χ1n) is 8.77. The van der Waals surface area contributed by atoms with Crippen LogP contribution < -0.4 is 4.90 Å². The maximum absolute atomic E-state index is 14.8. The molecule has 1 aliphatic rings. The largest absolute Gasteiger partial charge is 0.378 e. The number of hydrogen-bond acceptors (Lipinski definition) is 5. The topological polar surface area (TPSA) is 62.1 Å². The van der Waals surface area contributed by atoms with Gasteiger partial charge in [-0.2, -0.15) is 0 Å². The van der Waals surface area contributed by atoms with Gasteiger partial charge >= 0.3 is 0 Å². The number of fused-ring (bicyclic) bond motifs is 1. The van der Waals surface area contributed by atoms with Crippen molar-refractivity contribution in [3.8, 4) is 0 Å². The molecule has 7 heteroatoms. The molecule has 2 aromatic rings. The molecule has 5 nitrogen and oxygen atoms in total. The number of morpholine rings is 1. The first kappa shape index (κ1) is 19.9. The van der Waals surface area contributed by atoms with Crippen LogP contribution in [0.4, 0.5) is 10.2 Å². The summed E-state index contributed by atoms with van der Waals surface area (Å²) < 4.78 is 19.9. The van der Waals surface area contributed by atoms with Gasteiger partial charge in [0.25, 0.3) is 0 Å². The number of allylic oxidation sites excluding steroid dienone is 3. The molecule has 0 amide bonds. The molecule has 1 fully saturated rings. The van der Waals surface area contributed by atoms with Crippen molar-refractivity contribution in [2.24, 2.45) is 0 Å². The predicted molar refractivity (Wildman–Crippen MR) is 117 cm³/mol. The number of hydrogen-bond donors (Lipinski definition) is 1. The van der Waals surface area contributed by atoms with Gasteiger partial charge in [0, 0.05) is 35.3 Å². The van der Waals surface area contributed by atoms with E-state index in [1.165, 1.54) is 6.07 Å². The fourth-order valence-corrected chi connectivity index (χ4v) is 3.49. The van der Waals surface area contributed by atoms with Crippen LogP contribution in [0.2, 0.25) is 0 Å². The Morgan fingerprint density at radius 3 is 2.70 bits per heavy atom. The van der Waals surface area contributed by atoms with E-state index >= 15 is 0 Å². The lowest BCUT2D eigenvalue weighted by Crippen LogP contribution is -2.37. The van der Waals surface area contributed by atoms with E-state index < -0.39 is 0 Å². The van der Waals surface area contributed by atoms with Gasteiger partial charge in [-0.3, -0.25) is 0 Å². The Kier molecular flexibility index (Phi) is 6.21. The molecule has 1 N–H and O–H groups in total. The van der Waals surface area contributed by atoms with Gasteiger partial charge in [0.2, 0.25) is 0 Å². The van der Waals surface area contributed by atoms with E-state index in [-0.39, 0.29) is 9.74 Å². The van der Waals surface area contributed by atoms with Crippen LogP contribution in [0, 0.1) is 11.2 Å². The molecule has 142 valence electrons. The van der Waals surface area contributed by atoms with Crippen molar-refractivity contribution < 1.29 is 9.13 Å². The average molecular weight is 480 g/mol. The average Bonchev–Trinajstić information content (AvgIpc) is 2.67. The summed E-state index contributed by atoms with van der Waals surface area (Å²) in [5.41, 5.74) is 2.22. The minimum absolute atomic E-state index is 0.337. The highest BCUT2D eigenvalue weighted by molar-refractivity contribution is 14.1. The fourth-order valence-electron chi connectivity index (χ4n) is 3.01. The predicted octanol–water partition coefficient (Wildman–Crippen LogP) is 4.71. The van der Waals surface area contributed by atoms with Crippen molar-refractivity contribution in [1.82, 2.24) is 9.97 Å². The lowest BCUT2D eigenvalue weighted by Gasteiger charge is -2.29. The Morgan fingerprint density at radius 1 is 1.37 bits per heavy atom. The van der Waals surface area contributed by atoms with E-state index in [1.54, 1.807) is 13.0 Å². The highest BCUT2D eigenvalue weighted by atomic mass is 127. The van der Waals surface area contributed by atoms with E-state index in [4.69, 9.17) is 15.1 Å². The number of nitrogens with zero attached hydrogens (tertiary/aromatic N) is 3. The van der Waals surface area contributed by atoms with Crippen LogP contribution in [-0.2, 0) is 4.74 Å². The second-order valence-electron chi connectivity index (χ2n) is 6.43. The maximum Gasteiger partial charge on any atom is 0.161 e. The summed E-state index contributed by atoms with van der Waals surface area (Å²) in [6.07, 6.45) is 3.75. The van der Waals surface area contributed by atoms with Gasteiger partial charge in [-0.15, -0.1) is 0 Å². The molecular formula is C20H22FIN4O. The molecule has 0 saturated carbocycles. The maximum atomic E-state index is 14.8. The van der Waals surface area contributed by atoms with Gasteiger partial charge in [-0.05, 0) is 26.0 Å². The number of benzene rings is 1. The Labute approximate surface area is 172 Å². The third-order valence-corrected chi connectivity index (χ3v) is 6.02. The summed E-state index contributed by atoms with van der Waals surface area (Å²) in [5, 5.41) is 8.53. The van der Waals surface area contributed by atoms with E-state index in [0.29, 0.717) is 65.7 Å². The molecule has 1 aromatic heterocycles. The highest BCUT2D eigenvalue weighted by Gasteiger charge is 2.22. The second kappa shape index (κ2) is 8.43. The Balaban J connectivity index is 2.22. The smallest absolute Gasteiger partial charge is 0.161 e. The van der Waals surface area contributed by atoms with Crippen LogP contribution in [-0.4, -0.2) is 42.0 Å². The molecule has 1 aliphatic heterocycles. The first-order chi connectivity index (χ1) is 12.9. The number of alkyl halides is 1. The van der Waals surface area contributed by atoms with Crippen molar-refractivity contribution in [1.29, 1.82) is 5.41 Å².